The van der Waals surface area contributed by atoms with Gasteiger partial charge in [0.2, 0.25) is 5.82 Å². The normalized spacial score (nSPS) is 18.9. The number of likely N-dealkylation sites (tertiary alicyclic amines) is 1. The highest BCUT2D eigenvalue weighted by molar-refractivity contribution is 5.97. The van der Waals surface area contributed by atoms with Crippen molar-refractivity contribution in [1.82, 2.24) is 9.47 Å². The van der Waals surface area contributed by atoms with Gasteiger partial charge in [-0.25, -0.2) is 14.0 Å². The van der Waals surface area contributed by atoms with Crippen LogP contribution in [0.5, 0.6) is 11.5 Å². The first-order valence-electron chi connectivity index (χ1n) is 14.1. The predicted octanol–water partition coefficient (Wildman–Crippen LogP) is 6.88. The van der Waals surface area contributed by atoms with Gasteiger partial charge in [0, 0.05) is 24.3 Å². The number of aromatic hydroxyl groups is 1. The molecule has 4 aromatic rings. The first kappa shape index (κ1) is 29.8. The van der Waals surface area contributed by atoms with Crippen LogP contribution in [0.2, 0.25) is 0 Å². The molecule has 0 bridgehead atoms. The molecule has 10 heteroatoms. The molecule has 43 heavy (non-hydrogen) atoms. The molecule has 2 unspecified atom stereocenters. The highest BCUT2D eigenvalue weighted by Gasteiger charge is 2.46. The lowest BCUT2D eigenvalue weighted by Gasteiger charge is -2.34. The molecule has 9 nitrogen and oxygen atoms in total. The number of rotatable bonds is 5. The lowest BCUT2D eigenvalue weighted by molar-refractivity contribution is 0.0218. The van der Waals surface area contributed by atoms with Gasteiger partial charge in [-0.2, -0.15) is 9.28 Å². The zero-order valence-corrected chi connectivity index (χ0v) is 24.3. The summed E-state index contributed by atoms with van der Waals surface area (Å²) in [4.78, 5) is 42.8. The van der Waals surface area contributed by atoms with Crippen molar-refractivity contribution in [2.24, 2.45) is 0 Å². The average Bonchev–Trinajstić information content (AvgIpc) is 3.29. The number of aromatic amines is 1. The number of aromatic nitrogens is 1. The summed E-state index contributed by atoms with van der Waals surface area (Å²) in [6, 6.07) is 17.9. The number of benzene rings is 3. The average molecular weight is 590 g/mol. The quantitative estimate of drug-likeness (QED) is 0.148. The minimum Gasteiger partial charge on any atom is -0.508 e. The first-order chi connectivity index (χ1) is 20.4. The summed E-state index contributed by atoms with van der Waals surface area (Å²) in [6.45, 7) is 6.10. The molecule has 2 atom stereocenters. The number of quaternary nitrogens is 1. The van der Waals surface area contributed by atoms with Crippen LogP contribution in [0.25, 0.3) is 10.9 Å². The van der Waals surface area contributed by atoms with E-state index in [4.69, 9.17) is 14.2 Å². The highest BCUT2D eigenvalue weighted by atomic mass is 19.1. The standard InChI is InChI=1S/C33H33FN2O7/c1-33(2,3)43-32(40)36(18-5-6-25(17-19-36)41-30(38)22-11-15-24(37)16-12-22)29-20-26-27(35-29)7-4-8-28(26)42-31(39)21-9-13-23(34)14-10-21/h4,7-16,20,25,35H,5-6,17-19H2,1-3H3/p+1. The van der Waals surface area contributed by atoms with Crippen molar-refractivity contribution < 1.29 is 38.1 Å². The van der Waals surface area contributed by atoms with Gasteiger partial charge in [-0.15, -0.1) is 0 Å². The molecule has 3 aromatic carbocycles. The van der Waals surface area contributed by atoms with Gasteiger partial charge in [0.25, 0.3) is 0 Å². The van der Waals surface area contributed by atoms with Crippen molar-refractivity contribution in [1.29, 1.82) is 0 Å². The van der Waals surface area contributed by atoms with Crippen LogP contribution in [0.15, 0.2) is 72.8 Å². The van der Waals surface area contributed by atoms with Crippen molar-refractivity contribution in [3.63, 3.8) is 0 Å². The zero-order valence-electron chi connectivity index (χ0n) is 24.3. The molecule has 2 heterocycles. The Morgan fingerprint density at radius 1 is 0.907 bits per heavy atom. The molecule has 1 saturated heterocycles. The number of amides is 1. The second-order valence-corrected chi connectivity index (χ2v) is 11.7. The second-order valence-electron chi connectivity index (χ2n) is 11.7. The number of H-pyrrole nitrogens is 1. The summed E-state index contributed by atoms with van der Waals surface area (Å²) in [5.41, 5.74) is 0.432. The van der Waals surface area contributed by atoms with Gasteiger partial charge >= 0.3 is 18.0 Å². The van der Waals surface area contributed by atoms with E-state index < -0.39 is 35.6 Å². The van der Waals surface area contributed by atoms with E-state index in [0.717, 1.165) is 0 Å². The smallest absolute Gasteiger partial charge is 0.508 e. The van der Waals surface area contributed by atoms with Crippen LogP contribution in [-0.2, 0) is 9.47 Å². The molecular weight excluding hydrogens is 555 g/mol. The van der Waals surface area contributed by atoms with E-state index in [9.17, 15) is 23.9 Å². The maximum Gasteiger partial charge on any atom is 0.522 e. The number of ether oxygens (including phenoxy) is 3. The SMILES string of the molecule is CC(C)(C)OC(=O)[N+]1(c2cc3c(OC(=O)c4ccc(F)cc4)cccc3[nH]2)CCCC(OC(=O)c2ccc(O)cc2)CC1. The summed E-state index contributed by atoms with van der Waals surface area (Å²) in [7, 11) is 0. The lowest BCUT2D eigenvalue weighted by Crippen LogP contribution is -2.57. The summed E-state index contributed by atoms with van der Waals surface area (Å²) >= 11 is 0. The maximum atomic E-state index is 13.9. The Hall–Kier alpha value is -4.70. The summed E-state index contributed by atoms with van der Waals surface area (Å²) < 4.78 is 30.6. The highest BCUT2D eigenvalue weighted by Crippen LogP contribution is 2.37. The van der Waals surface area contributed by atoms with Crippen molar-refractivity contribution in [2.75, 3.05) is 13.1 Å². The van der Waals surface area contributed by atoms with Gasteiger partial charge in [0.1, 0.15) is 29.0 Å². The first-order valence-corrected chi connectivity index (χ1v) is 14.1. The van der Waals surface area contributed by atoms with Gasteiger partial charge < -0.3 is 24.3 Å². The molecule has 1 aliphatic rings. The Morgan fingerprint density at radius 2 is 1.58 bits per heavy atom. The fourth-order valence-corrected chi connectivity index (χ4v) is 5.19. The minimum atomic E-state index is -0.749. The lowest BCUT2D eigenvalue weighted by atomic mass is 10.1. The monoisotopic (exact) mass is 589 g/mol. The number of fused-ring (bicyclic) bond motifs is 1. The van der Waals surface area contributed by atoms with Crippen LogP contribution >= 0.6 is 0 Å². The number of nitrogens with zero attached hydrogens (tertiary/aromatic N) is 1. The molecule has 0 spiro atoms. The second kappa shape index (κ2) is 11.9. The van der Waals surface area contributed by atoms with Crippen molar-refractivity contribution in [3.05, 3.63) is 89.7 Å². The number of halogens is 1. The molecule has 2 N–H and O–H groups in total. The van der Waals surface area contributed by atoms with Crippen LogP contribution < -0.4 is 9.22 Å². The minimum absolute atomic E-state index is 0.0529. The number of hydrogen-bond acceptors (Lipinski definition) is 7. The molecule has 5 rings (SSSR count). The molecule has 0 radical (unpaired) electrons. The van der Waals surface area contributed by atoms with Gasteiger partial charge in [0.15, 0.2) is 0 Å². The Morgan fingerprint density at radius 3 is 2.28 bits per heavy atom. The molecule has 0 saturated carbocycles. The van der Waals surface area contributed by atoms with Crippen LogP contribution in [0.4, 0.5) is 15.0 Å². The number of carbonyl (C=O) groups is 3. The fourth-order valence-electron chi connectivity index (χ4n) is 5.19. The Kier molecular flexibility index (Phi) is 8.23. The number of esters is 2. The van der Waals surface area contributed by atoms with Crippen molar-refractivity contribution >= 4 is 34.8 Å². The molecule has 1 aromatic heterocycles. The predicted molar refractivity (Wildman–Crippen MR) is 159 cm³/mol. The Balaban J connectivity index is 1.44. The van der Waals surface area contributed by atoms with Crippen LogP contribution in [0, 0.1) is 5.82 Å². The maximum absolute atomic E-state index is 13.9. The van der Waals surface area contributed by atoms with E-state index in [1.807, 2.05) is 6.07 Å². The van der Waals surface area contributed by atoms with Crippen LogP contribution in [0.1, 0.15) is 60.7 Å². The van der Waals surface area contributed by atoms with Gasteiger partial charge in [0.05, 0.1) is 29.7 Å². The number of phenolic OH excluding ortho intramolecular Hbond substituents is 1. The fraction of sp³-hybridized carbons (Fsp3) is 0.303. The number of carbonyl (C=O) groups excluding carboxylic acids is 3. The summed E-state index contributed by atoms with van der Waals surface area (Å²) in [5.74, 6) is -0.704. The molecular formula is C33H34FN2O7+. The Labute approximate surface area is 248 Å². The van der Waals surface area contributed by atoms with E-state index in [1.54, 1.807) is 39.0 Å². The molecule has 1 aliphatic heterocycles. The van der Waals surface area contributed by atoms with E-state index in [0.29, 0.717) is 54.6 Å². The molecule has 0 aliphatic carbocycles. The van der Waals surface area contributed by atoms with Crippen LogP contribution in [-0.4, -0.2) is 52.9 Å². The third-order valence-corrected chi connectivity index (χ3v) is 7.37. The number of phenols is 1. The number of nitrogens with one attached hydrogen (secondary N) is 1. The van der Waals surface area contributed by atoms with E-state index in [2.05, 4.69) is 4.98 Å². The van der Waals surface area contributed by atoms with Gasteiger partial charge in [-0.1, -0.05) is 6.07 Å². The Bertz CT molecular complexity index is 1640. The van der Waals surface area contributed by atoms with Crippen molar-refractivity contribution in [2.45, 2.75) is 51.7 Å². The third-order valence-electron chi connectivity index (χ3n) is 7.37. The third kappa shape index (κ3) is 6.70. The van der Waals surface area contributed by atoms with E-state index in [-0.39, 0.29) is 21.5 Å². The number of hydrogen-bond donors (Lipinski definition) is 2. The zero-order chi connectivity index (χ0) is 30.8. The van der Waals surface area contributed by atoms with Crippen LogP contribution in [0.3, 0.4) is 0 Å². The van der Waals surface area contributed by atoms with Crippen molar-refractivity contribution in [3.8, 4) is 11.5 Å². The van der Waals surface area contributed by atoms with E-state index in [1.165, 1.54) is 48.5 Å². The van der Waals surface area contributed by atoms with Gasteiger partial charge in [-0.05, 0) is 87.9 Å². The van der Waals surface area contributed by atoms with E-state index >= 15 is 0 Å². The molecule has 1 fully saturated rings. The largest absolute Gasteiger partial charge is 0.522 e. The summed E-state index contributed by atoms with van der Waals surface area (Å²) in [6.07, 6.45) is 0.627. The molecule has 1 amide bonds. The van der Waals surface area contributed by atoms with Gasteiger partial charge in [-0.3, -0.25) is 0 Å². The summed E-state index contributed by atoms with van der Waals surface area (Å²) in [5, 5.41) is 10.1. The topological polar surface area (TPSA) is 115 Å². The molecule has 224 valence electrons.